The average molecular weight is 269 g/mol. The fourth-order valence-electron chi connectivity index (χ4n) is 2.07. The van der Waals surface area contributed by atoms with Crippen LogP contribution in [0.4, 0.5) is 11.4 Å². The van der Waals surface area contributed by atoms with Gasteiger partial charge in [0.15, 0.2) is 0 Å². The highest BCUT2D eigenvalue weighted by Crippen LogP contribution is 2.22. The van der Waals surface area contributed by atoms with Gasteiger partial charge in [0.2, 0.25) is 0 Å². The Kier molecular flexibility index (Phi) is 4.41. The minimum absolute atomic E-state index is 0.171. The number of nitrogens with one attached hydrogen (secondary N) is 1. The van der Waals surface area contributed by atoms with Crippen LogP contribution in [-0.4, -0.2) is 11.1 Å². The predicted octanol–water partition coefficient (Wildman–Crippen LogP) is 4.06. The zero-order valence-corrected chi connectivity index (χ0v) is 11.8. The van der Waals surface area contributed by atoms with Gasteiger partial charge in [-0.05, 0) is 49.6 Å². The molecule has 0 fully saturated rings. The van der Waals surface area contributed by atoms with Crippen LogP contribution in [0.15, 0.2) is 42.5 Å². The summed E-state index contributed by atoms with van der Waals surface area (Å²) in [6, 6.07) is 14.3. The van der Waals surface area contributed by atoms with Gasteiger partial charge in [0, 0.05) is 17.8 Å². The third kappa shape index (κ3) is 3.85. The number of carbonyl (C=O) groups is 1. The van der Waals surface area contributed by atoms with E-state index < -0.39 is 5.97 Å². The standard InChI is InChI=1S/C17H19NO2/c1-12-3-7-15(8-4-12)18-16-9-5-14(11-13(16)2)6-10-17(19)20/h3-5,7-9,11,18H,6,10H2,1-2H3,(H,19,20). The topological polar surface area (TPSA) is 49.3 Å². The summed E-state index contributed by atoms with van der Waals surface area (Å²) >= 11 is 0. The van der Waals surface area contributed by atoms with E-state index in [0.29, 0.717) is 6.42 Å². The van der Waals surface area contributed by atoms with Crippen LogP contribution in [0, 0.1) is 13.8 Å². The molecule has 0 aliphatic carbocycles. The first-order chi connectivity index (χ1) is 9.54. The monoisotopic (exact) mass is 269 g/mol. The van der Waals surface area contributed by atoms with Gasteiger partial charge in [-0.3, -0.25) is 4.79 Å². The summed E-state index contributed by atoms with van der Waals surface area (Å²) in [7, 11) is 0. The molecule has 0 spiro atoms. The van der Waals surface area contributed by atoms with Crippen molar-refractivity contribution in [2.45, 2.75) is 26.7 Å². The number of benzene rings is 2. The highest BCUT2D eigenvalue weighted by atomic mass is 16.4. The van der Waals surface area contributed by atoms with E-state index in [0.717, 1.165) is 22.5 Å². The van der Waals surface area contributed by atoms with Gasteiger partial charge in [-0.25, -0.2) is 0 Å². The molecule has 3 heteroatoms. The second-order valence-electron chi connectivity index (χ2n) is 5.03. The number of rotatable bonds is 5. The molecule has 0 saturated carbocycles. The van der Waals surface area contributed by atoms with E-state index in [1.807, 2.05) is 37.3 Å². The second kappa shape index (κ2) is 6.24. The Balaban J connectivity index is 2.09. The Morgan fingerprint density at radius 3 is 2.40 bits per heavy atom. The van der Waals surface area contributed by atoms with E-state index >= 15 is 0 Å². The maximum atomic E-state index is 10.6. The first-order valence-electron chi connectivity index (χ1n) is 6.69. The van der Waals surface area contributed by atoms with Crippen molar-refractivity contribution in [1.29, 1.82) is 0 Å². The van der Waals surface area contributed by atoms with E-state index in [-0.39, 0.29) is 6.42 Å². The number of carboxylic acids is 1. The fourth-order valence-corrected chi connectivity index (χ4v) is 2.07. The van der Waals surface area contributed by atoms with Gasteiger partial charge in [0.25, 0.3) is 0 Å². The molecule has 0 radical (unpaired) electrons. The number of aryl methyl sites for hydroxylation is 3. The molecule has 0 heterocycles. The van der Waals surface area contributed by atoms with E-state index in [1.165, 1.54) is 5.56 Å². The van der Waals surface area contributed by atoms with Gasteiger partial charge >= 0.3 is 5.97 Å². The quantitative estimate of drug-likeness (QED) is 0.860. The lowest BCUT2D eigenvalue weighted by molar-refractivity contribution is -0.136. The Labute approximate surface area is 119 Å². The second-order valence-corrected chi connectivity index (χ2v) is 5.03. The average Bonchev–Trinajstić information content (AvgIpc) is 2.41. The number of hydrogen-bond donors (Lipinski definition) is 2. The largest absolute Gasteiger partial charge is 0.481 e. The van der Waals surface area contributed by atoms with Crippen LogP contribution in [0.25, 0.3) is 0 Å². The van der Waals surface area contributed by atoms with Gasteiger partial charge in [-0.2, -0.15) is 0 Å². The zero-order chi connectivity index (χ0) is 14.5. The number of hydrogen-bond acceptors (Lipinski definition) is 2. The van der Waals surface area contributed by atoms with E-state index in [4.69, 9.17) is 5.11 Å². The number of aliphatic carboxylic acids is 1. The molecule has 2 aromatic rings. The van der Waals surface area contributed by atoms with Crippen LogP contribution < -0.4 is 5.32 Å². The summed E-state index contributed by atoms with van der Waals surface area (Å²) in [6.07, 6.45) is 0.741. The Morgan fingerprint density at radius 2 is 1.80 bits per heavy atom. The SMILES string of the molecule is Cc1ccc(Nc2ccc(CCC(=O)O)cc2C)cc1. The molecule has 0 saturated heterocycles. The molecule has 3 nitrogen and oxygen atoms in total. The molecule has 2 N–H and O–H groups in total. The minimum atomic E-state index is -0.760. The molecule has 2 rings (SSSR count). The molecule has 0 unspecified atom stereocenters. The van der Waals surface area contributed by atoms with Gasteiger partial charge in [0.05, 0.1) is 0 Å². The molecular weight excluding hydrogens is 250 g/mol. The molecule has 104 valence electrons. The lowest BCUT2D eigenvalue weighted by Crippen LogP contribution is -1.99. The number of anilines is 2. The Morgan fingerprint density at radius 1 is 1.10 bits per heavy atom. The summed E-state index contributed by atoms with van der Waals surface area (Å²) in [5, 5.41) is 12.1. The molecule has 0 aliphatic rings. The summed E-state index contributed by atoms with van der Waals surface area (Å²) in [5.41, 5.74) is 5.51. The van der Waals surface area contributed by atoms with Crippen molar-refractivity contribution >= 4 is 17.3 Å². The van der Waals surface area contributed by atoms with Crippen molar-refractivity contribution in [3.8, 4) is 0 Å². The van der Waals surface area contributed by atoms with Gasteiger partial charge < -0.3 is 10.4 Å². The first kappa shape index (κ1) is 14.1. The highest BCUT2D eigenvalue weighted by Gasteiger charge is 2.03. The van der Waals surface area contributed by atoms with Gasteiger partial charge in [-0.1, -0.05) is 29.8 Å². The van der Waals surface area contributed by atoms with Crippen molar-refractivity contribution in [3.63, 3.8) is 0 Å². The summed E-state index contributed by atoms with van der Waals surface area (Å²) in [5.74, 6) is -0.760. The third-order valence-corrected chi connectivity index (χ3v) is 3.25. The van der Waals surface area contributed by atoms with Crippen LogP contribution in [0.2, 0.25) is 0 Å². The first-order valence-corrected chi connectivity index (χ1v) is 6.69. The molecule has 0 aliphatic heterocycles. The summed E-state index contributed by atoms with van der Waals surface area (Å²) in [4.78, 5) is 10.6. The molecule has 0 aromatic heterocycles. The lowest BCUT2D eigenvalue weighted by atomic mass is 10.1. The number of carboxylic acid groups (broad SMARTS) is 1. The molecule has 2 aromatic carbocycles. The molecule has 0 atom stereocenters. The van der Waals surface area contributed by atoms with Crippen LogP contribution >= 0.6 is 0 Å². The van der Waals surface area contributed by atoms with Crippen LogP contribution in [0.5, 0.6) is 0 Å². The van der Waals surface area contributed by atoms with Crippen molar-refractivity contribution < 1.29 is 9.90 Å². The molecule has 20 heavy (non-hydrogen) atoms. The van der Waals surface area contributed by atoms with Crippen molar-refractivity contribution in [2.24, 2.45) is 0 Å². The maximum absolute atomic E-state index is 10.6. The van der Waals surface area contributed by atoms with Crippen molar-refractivity contribution in [3.05, 3.63) is 59.2 Å². The highest BCUT2D eigenvalue weighted by molar-refractivity contribution is 5.67. The van der Waals surface area contributed by atoms with Crippen LogP contribution in [-0.2, 0) is 11.2 Å². The summed E-state index contributed by atoms with van der Waals surface area (Å²) < 4.78 is 0. The Bertz CT molecular complexity index is 603. The van der Waals surface area contributed by atoms with Crippen LogP contribution in [0.1, 0.15) is 23.1 Å². The normalized spacial score (nSPS) is 10.3. The maximum Gasteiger partial charge on any atom is 0.303 e. The van der Waals surface area contributed by atoms with Gasteiger partial charge in [-0.15, -0.1) is 0 Å². The smallest absolute Gasteiger partial charge is 0.303 e. The van der Waals surface area contributed by atoms with Crippen LogP contribution in [0.3, 0.4) is 0 Å². The summed E-state index contributed by atoms with van der Waals surface area (Å²) in [6.45, 7) is 4.09. The predicted molar refractivity (Wildman–Crippen MR) is 81.6 cm³/mol. The lowest BCUT2D eigenvalue weighted by Gasteiger charge is -2.11. The minimum Gasteiger partial charge on any atom is -0.481 e. The van der Waals surface area contributed by atoms with E-state index in [2.05, 4.69) is 24.4 Å². The van der Waals surface area contributed by atoms with Gasteiger partial charge in [0.1, 0.15) is 0 Å². The Hall–Kier alpha value is -2.29. The zero-order valence-electron chi connectivity index (χ0n) is 11.8. The fraction of sp³-hybridized carbons (Fsp3) is 0.235. The molecule has 0 bridgehead atoms. The van der Waals surface area contributed by atoms with Crippen molar-refractivity contribution in [2.75, 3.05) is 5.32 Å². The van der Waals surface area contributed by atoms with E-state index in [1.54, 1.807) is 0 Å². The molecular formula is C17H19NO2. The third-order valence-electron chi connectivity index (χ3n) is 3.25. The van der Waals surface area contributed by atoms with Crippen molar-refractivity contribution in [1.82, 2.24) is 0 Å². The van der Waals surface area contributed by atoms with E-state index in [9.17, 15) is 4.79 Å². The molecule has 0 amide bonds.